The van der Waals surface area contributed by atoms with E-state index in [1.807, 2.05) is 6.07 Å². The Morgan fingerprint density at radius 1 is 1.43 bits per heavy atom. The standard InChI is InChI=1S/C14H14ClN3OS2.2ClH/c15-10-1-2-12(9(3-10)5-16)21-13(4-11(17)7-19)14-6-18-8-20-14;;/h1-3,6,8,11,13,19H,4,7,17H2;2*1H/t11-,13+;;/m0../s1. The van der Waals surface area contributed by atoms with Crippen LogP contribution in [0.1, 0.15) is 22.1 Å². The molecular weight excluding hydrogens is 397 g/mol. The molecule has 0 aliphatic carbocycles. The number of aliphatic hydroxyl groups excluding tert-OH is 1. The number of hydrogen-bond acceptors (Lipinski definition) is 6. The number of aliphatic hydroxyl groups is 1. The smallest absolute Gasteiger partial charge is 0.100 e. The van der Waals surface area contributed by atoms with E-state index in [0.717, 1.165) is 9.77 Å². The predicted molar refractivity (Wildman–Crippen MR) is 101 cm³/mol. The van der Waals surface area contributed by atoms with Gasteiger partial charge in [0.25, 0.3) is 0 Å². The highest BCUT2D eigenvalue weighted by molar-refractivity contribution is 7.99. The fourth-order valence-electron chi connectivity index (χ4n) is 1.80. The van der Waals surface area contributed by atoms with Gasteiger partial charge in [-0.3, -0.25) is 4.98 Å². The minimum atomic E-state index is -0.303. The molecule has 0 saturated heterocycles. The van der Waals surface area contributed by atoms with Gasteiger partial charge in [0.2, 0.25) is 0 Å². The van der Waals surface area contributed by atoms with Crippen LogP contribution in [0.5, 0.6) is 0 Å². The topological polar surface area (TPSA) is 82.9 Å². The van der Waals surface area contributed by atoms with Crippen molar-refractivity contribution in [2.24, 2.45) is 5.73 Å². The summed E-state index contributed by atoms with van der Waals surface area (Å²) in [6.45, 7) is -0.0679. The van der Waals surface area contributed by atoms with Crippen LogP contribution in [-0.2, 0) is 0 Å². The molecule has 1 aromatic heterocycles. The van der Waals surface area contributed by atoms with Gasteiger partial charge in [0.1, 0.15) is 6.07 Å². The lowest BCUT2D eigenvalue weighted by Gasteiger charge is -2.18. The number of thioether (sulfide) groups is 1. The number of rotatable bonds is 6. The molecule has 9 heteroatoms. The van der Waals surface area contributed by atoms with E-state index < -0.39 is 0 Å². The Morgan fingerprint density at radius 3 is 2.74 bits per heavy atom. The predicted octanol–water partition coefficient (Wildman–Crippen LogP) is 4.05. The van der Waals surface area contributed by atoms with Gasteiger partial charge >= 0.3 is 0 Å². The van der Waals surface area contributed by atoms with Crippen molar-refractivity contribution in [1.82, 2.24) is 4.98 Å². The zero-order valence-electron chi connectivity index (χ0n) is 11.9. The lowest BCUT2D eigenvalue weighted by molar-refractivity contribution is 0.260. The van der Waals surface area contributed by atoms with Crippen LogP contribution < -0.4 is 5.73 Å². The lowest BCUT2D eigenvalue weighted by Crippen LogP contribution is -2.25. The van der Waals surface area contributed by atoms with E-state index in [0.29, 0.717) is 17.0 Å². The summed E-state index contributed by atoms with van der Waals surface area (Å²) < 4.78 is 0. The molecule has 0 aliphatic heterocycles. The van der Waals surface area contributed by atoms with Gasteiger partial charge in [-0.25, -0.2) is 0 Å². The molecule has 126 valence electrons. The second kappa shape index (κ2) is 11.1. The minimum absolute atomic E-state index is 0. The van der Waals surface area contributed by atoms with Gasteiger partial charge in [-0.15, -0.1) is 47.9 Å². The normalized spacial score (nSPS) is 12.4. The third kappa shape index (κ3) is 6.48. The summed E-state index contributed by atoms with van der Waals surface area (Å²) >= 11 is 9.01. The van der Waals surface area contributed by atoms with Crippen molar-refractivity contribution in [3.63, 3.8) is 0 Å². The summed E-state index contributed by atoms with van der Waals surface area (Å²) in [7, 11) is 0. The van der Waals surface area contributed by atoms with Gasteiger partial charge in [-0.2, -0.15) is 5.26 Å². The van der Waals surface area contributed by atoms with Crippen LogP contribution in [0.3, 0.4) is 0 Å². The molecule has 0 amide bonds. The van der Waals surface area contributed by atoms with Crippen LogP contribution in [0.2, 0.25) is 5.02 Å². The first-order valence-corrected chi connectivity index (χ1v) is 8.39. The average Bonchev–Trinajstić information content (AvgIpc) is 3.02. The molecule has 1 heterocycles. The fourth-order valence-corrected chi connectivity index (χ4v) is 4.10. The number of benzene rings is 1. The molecule has 2 rings (SSSR count). The third-order valence-electron chi connectivity index (χ3n) is 2.85. The second-order valence-corrected chi connectivity index (χ2v) is 7.04. The maximum absolute atomic E-state index is 9.22. The summed E-state index contributed by atoms with van der Waals surface area (Å²) in [5.41, 5.74) is 8.17. The molecule has 0 fully saturated rings. The van der Waals surface area contributed by atoms with Crippen molar-refractivity contribution in [1.29, 1.82) is 5.26 Å². The zero-order chi connectivity index (χ0) is 15.2. The number of nitrogens with zero attached hydrogens (tertiary/aromatic N) is 2. The van der Waals surface area contributed by atoms with Crippen LogP contribution in [0, 0.1) is 11.3 Å². The summed E-state index contributed by atoms with van der Waals surface area (Å²) in [5.74, 6) is 0. The Hall–Kier alpha value is -0.520. The Kier molecular flexibility index (Phi) is 10.9. The van der Waals surface area contributed by atoms with E-state index in [2.05, 4.69) is 11.1 Å². The van der Waals surface area contributed by atoms with Crippen molar-refractivity contribution >= 4 is 59.5 Å². The van der Waals surface area contributed by atoms with Gasteiger partial charge < -0.3 is 10.8 Å². The van der Waals surface area contributed by atoms with Crippen LogP contribution in [0.25, 0.3) is 0 Å². The molecule has 4 nitrogen and oxygen atoms in total. The largest absolute Gasteiger partial charge is 0.395 e. The van der Waals surface area contributed by atoms with Gasteiger partial charge in [0, 0.05) is 32.3 Å². The van der Waals surface area contributed by atoms with E-state index >= 15 is 0 Å². The van der Waals surface area contributed by atoms with E-state index in [1.165, 1.54) is 0 Å². The minimum Gasteiger partial charge on any atom is -0.395 e. The van der Waals surface area contributed by atoms with Gasteiger partial charge in [-0.05, 0) is 24.6 Å². The first kappa shape index (κ1) is 22.5. The first-order valence-electron chi connectivity index (χ1n) is 6.25. The van der Waals surface area contributed by atoms with Gasteiger partial charge in [-0.1, -0.05) is 11.6 Å². The highest BCUT2D eigenvalue weighted by atomic mass is 35.5. The molecule has 0 saturated carbocycles. The van der Waals surface area contributed by atoms with Crippen LogP contribution >= 0.6 is 59.5 Å². The summed E-state index contributed by atoms with van der Waals surface area (Å²) in [4.78, 5) is 6.01. The molecule has 3 N–H and O–H groups in total. The molecule has 0 radical (unpaired) electrons. The fraction of sp³-hybridized carbons (Fsp3) is 0.286. The average molecular weight is 413 g/mol. The molecule has 0 spiro atoms. The molecule has 0 unspecified atom stereocenters. The van der Waals surface area contributed by atoms with Gasteiger partial charge in [0.05, 0.1) is 17.7 Å². The Bertz CT molecular complexity index is 635. The van der Waals surface area contributed by atoms with Crippen molar-refractivity contribution in [2.45, 2.75) is 22.6 Å². The van der Waals surface area contributed by atoms with Crippen LogP contribution in [-0.4, -0.2) is 22.7 Å². The van der Waals surface area contributed by atoms with Crippen molar-refractivity contribution in [2.75, 3.05) is 6.61 Å². The molecule has 0 bridgehead atoms. The van der Waals surface area contributed by atoms with Crippen LogP contribution in [0.4, 0.5) is 0 Å². The number of aromatic nitrogens is 1. The highest BCUT2D eigenvalue weighted by Crippen LogP contribution is 2.41. The van der Waals surface area contributed by atoms with E-state index in [-0.39, 0.29) is 42.7 Å². The number of hydrogen-bond donors (Lipinski definition) is 2. The number of halogens is 3. The first-order chi connectivity index (χ1) is 10.1. The number of nitrogens with two attached hydrogens (primary N) is 1. The molecule has 2 atom stereocenters. The lowest BCUT2D eigenvalue weighted by atomic mass is 10.1. The van der Waals surface area contributed by atoms with Gasteiger partial charge in [0.15, 0.2) is 0 Å². The van der Waals surface area contributed by atoms with Crippen molar-refractivity contribution in [3.8, 4) is 6.07 Å². The number of thiazole rings is 1. The van der Waals surface area contributed by atoms with Crippen molar-refractivity contribution < 1.29 is 5.11 Å². The summed E-state index contributed by atoms with van der Waals surface area (Å²) in [6.07, 6.45) is 2.41. The Balaban J connectivity index is 0.00000242. The van der Waals surface area contributed by atoms with E-state index in [9.17, 15) is 5.26 Å². The molecular formula is C14H16Cl3N3OS2. The molecule has 23 heavy (non-hydrogen) atoms. The SMILES string of the molecule is Cl.Cl.N#Cc1cc(Cl)ccc1S[C@H](C[C@H](N)CO)c1cncs1. The maximum Gasteiger partial charge on any atom is 0.100 e. The third-order valence-corrected chi connectivity index (χ3v) is 5.47. The van der Waals surface area contributed by atoms with Crippen molar-refractivity contribution in [3.05, 3.63) is 45.4 Å². The summed E-state index contributed by atoms with van der Waals surface area (Å²) in [5, 5.41) is 19.0. The second-order valence-electron chi connectivity index (χ2n) is 4.44. The highest BCUT2D eigenvalue weighted by Gasteiger charge is 2.20. The maximum atomic E-state index is 9.22. The Morgan fingerprint density at radius 2 is 2.17 bits per heavy atom. The molecule has 1 aromatic carbocycles. The zero-order valence-corrected chi connectivity index (χ0v) is 15.9. The quantitative estimate of drug-likeness (QED) is 0.699. The number of nitriles is 1. The molecule has 0 aliphatic rings. The molecule has 2 aromatic rings. The van der Waals surface area contributed by atoms with E-state index in [4.69, 9.17) is 22.4 Å². The Labute approximate surface area is 160 Å². The van der Waals surface area contributed by atoms with E-state index in [1.54, 1.807) is 46.9 Å². The summed E-state index contributed by atoms with van der Waals surface area (Å²) in [6, 6.07) is 7.11. The monoisotopic (exact) mass is 411 g/mol. The van der Waals surface area contributed by atoms with Crippen LogP contribution in [0.15, 0.2) is 34.8 Å².